The topological polar surface area (TPSA) is 142 Å². The number of likely N-dealkylation sites (N-methyl/N-ethyl adjacent to an activating group) is 1. The molecular weight excluding hydrogens is 728 g/mol. The highest BCUT2D eigenvalue weighted by atomic mass is 16.9. The zero-order chi connectivity index (χ0) is 40.3. The zero-order valence-corrected chi connectivity index (χ0v) is 33.5. The number of ketones is 1. The van der Waals surface area contributed by atoms with Crippen molar-refractivity contribution in [2.45, 2.75) is 101 Å². The molecule has 2 N–H and O–H groups in total. The van der Waals surface area contributed by atoms with E-state index in [1.807, 2.05) is 56.5 Å². The number of nitrogens with zero attached hydrogens (tertiary/aromatic N) is 1. The summed E-state index contributed by atoms with van der Waals surface area (Å²) in [6.45, 7) is 11.3. The van der Waals surface area contributed by atoms with Crippen LogP contribution in [0.1, 0.15) is 64.0 Å². The average Bonchev–Trinajstić information content (AvgIpc) is 3.49. The Labute approximate surface area is 334 Å². The van der Waals surface area contributed by atoms with Crippen LogP contribution in [-0.4, -0.2) is 96.6 Å². The summed E-state index contributed by atoms with van der Waals surface area (Å²) in [5, 5.41) is 15.7. The number of hydrogen-bond acceptors (Lipinski definition) is 11. The molecule has 4 fully saturated rings. The zero-order valence-electron chi connectivity index (χ0n) is 33.5. The Morgan fingerprint density at radius 3 is 2.60 bits per heavy atom. The van der Waals surface area contributed by atoms with Gasteiger partial charge in [-0.1, -0.05) is 62.1 Å². The number of likely N-dealkylation sites (tertiary alicyclic amines) is 1. The number of nitrogens with one attached hydrogen (secondary N) is 1. The molecule has 0 aromatic heterocycles. The lowest BCUT2D eigenvalue weighted by Gasteiger charge is -2.59. The molecule has 3 saturated heterocycles. The molecule has 57 heavy (non-hydrogen) atoms. The monoisotopic (exact) mass is 782 g/mol. The number of rotatable bonds is 11. The van der Waals surface area contributed by atoms with E-state index in [1.54, 1.807) is 30.0 Å². The lowest BCUT2D eigenvalue weighted by Crippen LogP contribution is -2.70. The number of amides is 1. The fraction of sp³-hybridized carbons (Fsp3) is 0.533. The van der Waals surface area contributed by atoms with E-state index in [9.17, 15) is 19.5 Å². The molecule has 2 aromatic rings. The second-order valence-electron chi connectivity index (χ2n) is 16.9. The molecule has 304 valence electrons. The summed E-state index contributed by atoms with van der Waals surface area (Å²) < 4.78 is 38.3. The molecule has 0 radical (unpaired) electrons. The molecule has 9 atom stereocenters. The Bertz CT molecular complexity index is 2010. The first-order valence-corrected chi connectivity index (χ1v) is 20.2. The van der Waals surface area contributed by atoms with Crippen LogP contribution in [-0.2, 0) is 41.4 Å². The first-order valence-electron chi connectivity index (χ1n) is 20.2. The molecule has 0 spiro atoms. The molecule has 1 saturated carbocycles. The smallest absolute Gasteiger partial charge is 0.415 e. The van der Waals surface area contributed by atoms with Crippen molar-refractivity contribution in [3.8, 4) is 11.5 Å². The van der Waals surface area contributed by atoms with Gasteiger partial charge in [0.05, 0.1) is 25.6 Å². The Kier molecular flexibility index (Phi) is 10.3. The van der Waals surface area contributed by atoms with E-state index in [4.69, 9.17) is 28.4 Å². The number of piperidine rings is 1. The summed E-state index contributed by atoms with van der Waals surface area (Å²) in [6, 6.07) is 14.9. The van der Waals surface area contributed by atoms with Crippen LogP contribution in [0, 0.1) is 17.8 Å². The van der Waals surface area contributed by atoms with E-state index < -0.39 is 52.8 Å². The molecule has 3 aliphatic carbocycles. The van der Waals surface area contributed by atoms with Crippen molar-refractivity contribution in [2.24, 2.45) is 17.8 Å². The summed E-state index contributed by atoms with van der Waals surface area (Å²) in [5.74, 6) is -3.14. The van der Waals surface area contributed by atoms with Gasteiger partial charge >= 0.3 is 12.1 Å². The van der Waals surface area contributed by atoms with E-state index in [0.29, 0.717) is 48.4 Å². The molecular formula is C45H54N2O10. The molecule has 8 rings (SSSR count). The minimum atomic E-state index is -1.83. The first kappa shape index (κ1) is 39.5. The van der Waals surface area contributed by atoms with Gasteiger partial charge in [-0.25, -0.2) is 4.79 Å². The highest BCUT2D eigenvalue weighted by Crippen LogP contribution is 2.68. The molecule has 12 nitrogen and oxygen atoms in total. The van der Waals surface area contributed by atoms with Crippen molar-refractivity contribution in [2.75, 3.05) is 33.9 Å². The Morgan fingerprint density at radius 1 is 1.07 bits per heavy atom. The van der Waals surface area contributed by atoms with Crippen LogP contribution >= 0.6 is 0 Å². The van der Waals surface area contributed by atoms with Gasteiger partial charge in [0, 0.05) is 37.4 Å². The number of hydrogen-bond donors (Lipinski definition) is 2. The van der Waals surface area contributed by atoms with Crippen LogP contribution in [0.15, 0.2) is 84.0 Å². The number of ether oxygens (including phenoxy) is 6. The van der Waals surface area contributed by atoms with Gasteiger partial charge in [0.2, 0.25) is 0 Å². The fourth-order valence-corrected chi connectivity index (χ4v) is 10.6. The van der Waals surface area contributed by atoms with Crippen molar-refractivity contribution >= 4 is 17.8 Å². The summed E-state index contributed by atoms with van der Waals surface area (Å²) in [7, 11) is 3.35. The van der Waals surface area contributed by atoms with E-state index in [-0.39, 0.29) is 42.9 Å². The van der Waals surface area contributed by atoms with Crippen LogP contribution in [0.5, 0.6) is 11.5 Å². The maximum atomic E-state index is 14.0. The van der Waals surface area contributed by atoms with Crippen LogP contribution in [0.3, 0.4) is 0 Å². The highest BCUT2D eigenvalue weighted by Gasteiger charge is 2.79. The number of aliphatic hydroxyl groups is 1. The van der Waals surface area contributed by atoms with Crippen LogP contribution in [0.4, 0.5) is 4.79 Å². The number of Topliss-reactive ketones (excluding diaryl/α,β-unsaturated/α-hetero) is 1. The van der Waals surface area contributed by atoms with Gasteiger partial charge in [-0.05, 0) is 92.5 Å². The predicted molar refractivity (Wildman–Crippen MR) is 209 cm³/mol. The Hall–Kier alpha value is -4.33. The lowest BCUT2D eigenvalue weighted by molar-refractivity contribution is -0.421. The summed E-state index contributed by atoms with van der Waals surface area (Å²) in [6.07, 6.45) is 6.47. The highest BCUT2D eigenvalue weighted by molar-refractivity contribution is 6.05. The first-order chi connectivity index (χ1) is 27.3. The van der Waals surface area contributed by atoms with Crippen LogP contribution < -0.4 is 14.8 Å². The summed E-state index contributed by atoms with van der Waals surface area (Å²) in [5.41, 5.74) is -0.370. The third kappa shape index (κ3) is 6.53. The molecule has 3 bridgehead atoms. The van der Waals surface area contributed by atoms with Gasteiger partial charge in [-0.2, -0.15) is 0 Å². The van der Waals surface area contributed by atoms with Gasteiger partial charge in [0.15, 0.2) is 17.3 Å². The van der Waals surface area contributed by atoms with Crippen molar-refractivity contribution < 1.29 is 47.9 Å². The normalized spacial score (nSPS) is 35.1. The largest absolute Gasteiger partial charge is 0.493 e. The summed E-state index contributed by atoms with van der Waals surface area (Å²) >= 11 is 0. The fourth-order valence-electron chi connectivity index (χ4n) is 10.6. The standard InChI is InChI=1S/C45H54N2O10/c1-27(2)43-22-29(4)45-34(40(43)55-44(56-43,57-45)24-30-12-8-7-9-13-30)19-32(23-42(51)37(45)18-28(3)39(42)49)26-53-38(48)21-31-15-16-35(36(20-31)52-6)54-41(50)47-17-11-10-14-33(47)25-46-5/h7-9,12-13,15-16,18-20,29,33-34,37,40,46,51H,1,10-11,14,17,21-26H2,2-6H3/t29-,33?,34+,37-,40-,42-,43-,44-,45-/m1/s1. The Morgan fingerprint density at radius 2 is 1.86 bits per heavy atom. The Balaban J connectivity index is 1.04. The van der Waals surface area contributed by atoms with Gasteiger partial charge in [-0.15, -0.1) is 0 Å². The van der Waals surface area contributed by atoms with Gasteiger partial charge in [-0.3, -0.25) is 9.59 Å². The third-order valence-electron chi connectivity index (χ3n) is 13.2. The predicted octanol–water partition coefficient (Wildman–Crippen LogP) is 5.61. The van der Waals surface area contributed by atoms with Crippen molar-refractivity contribution in [3.63, 3.8) is 0 Å². The van der Waals surface area contributed by atoms with Crippen molar-refractivity contribution in [3.05, 3.63) is 95.1 Å². The van der Waals surface area contributed by atoms with E-state index in [1.165, 1.54) is 7.11 Å². The van der Waals surface area contributed by atoms with E-state index >= 15 is 0 Å². The molecule has 6 aliphatic rings. The number of esters is 1. The quantitative estimate of drug-likeness (QED) is 0.217. The maximum absolute atomic E-state index is 14.0. The molecule has 2 aromatic carbocycles. The van der Waals surface area contributed by atoms with E-state index in [2.05, 4.69) is 18.8 Å². The van der Waals surface area contributed by atoms with Gasteiger partial charge in [0.1, 0.15) is 23.9 Å². The molecule has 1 amide bonds. The average molecular weight is 783 g/mol. The minimum absolute atomic E-state index is 0.0363. The molecule has 12 heteroatoms. The second kappa shape index (κ2) is 14.8. The van der Waals surface area contributed by atoms with Crippen molar-refractivity contribution in [1.82, 2.24) is 10.2 Å². The number of methoxy groups -OCH3 is 1. The SMILES string of the molecule is C=C(C)[C@]12C[C@@H](C)[C@@]34O[C@](Cc5ccccc5)(O[C@@H]1[C@@H]3C=C(COC(=O)Cc1ccc(OC(=O)N3CCCCC3CNC)c(OC)c1)C[C@]1(O)C(=O)C(C)=C[C@@H]41)O2. The van der Waals surface area contributed by atoms with Crippen LogP contribution in [0.25, 0.3) is 0 Å². The number of benzene rings is 2. The minimum Gasteiger partial charge on any atom is -0.493 e. The number of carbonyl (C=O) groups excluding carboxylic acids is 3. The third-order valence-corrected chi connectivity index (χ3v) is 13.2. The lowest BCUT2D eigenvalue weighted by atomic mass is 9.55. The number of carbonyl (C=O) groups is 3. The van der Waals surface area contributed by atoms with Gasteiger partial charge in [0.25, 0.3) is 5.97 Å². The maximum Gasteiger partial charge on any atom is 0.415 e. The second-order valence-corrected chi connectivity index (χ2v) is 16.9. The molecule has 3 aliphatic heterocycles. The summed E-state index contributed by atoms with van der Waals surface area (Å²) in [4.78, 5) is 42.4. The van der Waals surface area contributed by atoms with Crippen molar-refractivity contribution in [1.29, 1.82) is 0 Å². The van der Waals surface area contributed by atoms with Gasteiger partial charge < -0.3 is 43.7 Å². The molecule has 3 heterocycles. The number of fused-ring (bicyclic) bond motifs is 2. The molecule has 1 unspecified atom stereocenters. The van der Waals surface area contributed by atoms with Crippen LogP contribution in [0.2, 0.25) is 0 Å². The van der Waals surface area contributed by atoms with E-state index in [0.717, 1.165) is 30.4 Å².